The van der Waals surface area contributed by atoms with E-state index in [0.29, 0.717) is 0 Å². The molecule has 72 valence electrons. The summed E-state index contributed by atoms with van der Waals surface area (Å²) in [5.41, 5.74) is 2.44. The molecule has 0 aromatic carbocycles. The Morgan fingerprint density at radius 1 is 1.54 bits per heavy atom. The molecule has 2 heterocycles. The first-order chi connectivity index (χ1) is 5.95. The topological polar surface area (TPSA) is 37.8 Å². The highest BCUT2D eigenvalue weighted by atomic mass is 35.5. The molecule has 1 aromatic rings. The Balaban J connectivity index is 0.000000845. The first-order valence-corrected chi connectivity index (χ1v) is 4.96. The number of nitrogens with one attached hydrogen (secondary N) is 1. The third-order valence-electron chi connectivity index (χ3n) is 1.93. The van der Waals surface area contributed by atoms with Gasteiger partial charge in [-0.05, 0) is 37.0 Å². The average Bonchev–Trinajstić information content (AvgIpc) is 2.59. The highest BCUT2D eigenvalue weighted by Crippen LogP contribution is 2.12. The number of piperidine rings is 1. The van der Waals surface area contributed by atoms with Crippen molar-refractivity contribution < 1.29 is 0 Å². The van der Waals surface area contributed by atoms with Gasteiger partial charge in [-0.2, -0.15) is 0 Å². The van der Waals surface area contributed by atoms with Crippen LogP contribution < -0.4 is 5.32 Å². The largest absolute Gasteiger partial charge is 0.313 e. The Morgan fingerprint density at radius 2 is 2.46 bits per heavy atom. The summed E-state index contributed by atoms with van der Waals surface area (Å²) in [6.45, 7) is 2.16. The van der Waals surface area contributed by atoms with E-state index >= 15 is 0 Å². The van der Waals surface area contributed by atoms with Crippen LogP contribution in [0.15, 0.2) is 11.0 Å². The highest BCUT2D eigenvalue weighted by molar-refractivity contribution is 7.03. The monoisotopic (exact) mass is 217 g/mol. The van der Waals surface area contributed by atoms with E-state index in [1.54, 1.807) is 0 Å². The maximum Gasteiger partial charge on any atom is 0.0981 e. The first-order valence-electron chi connectivity index (χ1n) is 4.12. The molecule has 1 N–H and O–H groups in total. The van der Waals surface area contributed by atoms with Crippen molar-refractivity contribution >= 4 is 30.0 Å². The fraction of sp³-hybridized carbons (Fsp3) is 0.500. The van der Waals surface area contributed by atoms with E-state index in [4.69, 9.17) is 0 Å². The van der Waals surface area contributed by atoms with Crippen molar-refractivity contribution in [2.45, 2.75) is 12.8 Å². The molecule has 0 unspecified atom stereocenters. The molecule has 0 saturated carbocycles. The predicted molar refractivity (Wildman–Crippen MR) is 57.2 cm³/mol. The van der Waals surface area contributed by atoms with E-state index in [-0.39, 0.29) is 12.4 Å². The normalized spacial score (nSPS) is 19.8. The van der Waals surface area contributed by atoms with E-state index in [1.807, 2.05) is 5.38 Å². The standard InChI is InChI=1S/C8H11N3S.ClH/c1-2-7(5-9-3-1)4-8-6-12-11-10-8;/h4,6,9H,1-3,5H2;1H. The van der Waals surface area contributed by atoms with Gasteiger partial charge in [0.15, 0.2) is 0 Å². The smallest absolute Gasteiger partial charge is 0.0981 e. The van der Waals surface area contributed by atoms with Crippen molar-refractivity contribution in [2.24, 2.45) is 0 Å². The molecular formula is C8H12ClN3S. The van der Waals surface area contributed by atoms with Crippen LogP contribution in [-0.2, 0) is 0 Å². The van der Waals surface area contributed by atoms with Crippen LogP contribution in [0.5, 0.6) is 0 Å². The second-order valence-electron chi connectivity index (χ2n) is 2.91. The molecule has 2 rings (SSSR count). The maximum atomic E-state index is 3.97. The fourth-order valence-corrected chi connectivity index (χ4v) is 1.76. The number of halogens is 1. The van der Waals surface area contributed by atoms with Gasteiger partial charge in [-0.25, -0.2) is 0 Å². The van der Waals surface area contributed by atoms with Gasteiger partial charge in [0.2, 0.25) is 0 Å². The molecule has 0 bridgehead atoms. The van der Waals surface area contributed by atoms with Gasteiger partial charge in [-0.15, -0.1) is 17.5 Å². The lowest BCUT2D eigenvalue weighted by Crippen LogP contribution is -2.23. The Bertz CT molecular complexity index is 263. The average molecular weight is 218 g/mol. The summed E-state index contributed by atoms with van der Waals surface area (Å²) in [5, 5.41) is 9.28. The van der Waals surface area contributed by atoms with E-state index in [2.05, 4.69) is 21.0 Å². The van der Waals surface area contributed by atoms with Crippen molar-refractivity contribution in [1.29, 1.82) is 0 Å². The number of rotatable bonds is 1. The zero-order chi connectivity index (χ0) is 8.23. The molecule has 3 nitrogen and oxygen atoms in total. The van der Waals surface area contributed by atoms with Crippen LogP contribution in [-0.4, -0.2) is 22.7 Å². The molecule has 0 aliphatic carbocycles. The van der Waals surface area contributed by atoms with E-state index in [9.17, 15) is 0 Å². The van der Waals surface area contributed by atoms with Crippen LogP contribution in [0.4, 0.5) is 0 Å². The molecule has 1 aliphatic heterocycles. The van der Waals surface area contributed by atoms with Crippen LogP contribution in [0, 0.1) is 0 Å². The number of hydrogen-bond donors (Lipinski definition) is 1. The minimum atomic E-state index is 0. The first kappa shape index (κ1) is 10.6. The summed E-state index contributed by atoms with van der Waals surface area (Å²) in [7, 11) is 0. The zero-order valence-electron chi connectivity index (χ0n) is 7.19. The second-order valence-corrected chi connectivity index (χ2v) is 3.52. The molecule has 1 aliphatic rings. The zero-order valence-corrected chi connectivity index (χ0v) is 8.83. The van der Waals surface area contributed by atoms with Crippen LogP contribution >= 0.6 is 23.9 Å². The van der Waals surface area contributed by atoms with Crippen molar-refractivity contribution in [3.63, 3.8) is 0 Å². The van der Waals surface area contributed by atoms with Crippen molar-refractivity contribution in [3.05, 3.63) is 16.6 Å². The molecule has 1 saturated heterocycles. The van der Waals surface area contributed by atoms with Gasteiger partial charge in [0.05, 0.1) is 5.69 Å². The van der Waals surface area contributed by atoms with Crippen LogP contribution in [0.25, 0.3) is 6.08 Å². The third kappa shape index (κ3) is 3.06. The highest BCUT2D eigenvalue weighted by Gasteiger charge is 2.04. The van der Waals surface area contributed by atoms with Crippen molar-refractivity contribution in [2.75, 3.05) is 13.1 Å². The second kappa shape index (κ2) is 5.32. The number of aromatic nitrogens is 2. The van der Waals surface area contributed by atoms with Gasteiger partial charge >= 0.3 is 0 Å². The minimum Gasteiger partial charge on any atom is -0.313 e. The lowest BCUT2D eigenvalue weighted by Gasteiger charge is -2.14. The lowest BCUT2D eigenvalue weighted by molar-refractivity contribution is 0.613. The van der Waals surface area contributed by atoms with Crippen LogP contribution in [0.3, 0.4) is 0 Å². The summed E-state index contributed by atoms with van der Waals surface area (Å²) in [6.07, 6.45) is 4.57. The Morgan fingerprint density at radius 3 is 3.08 bits per heavy atom. The van der Waals surface area contributed by atoms with Crippen LogP contribution in [0.1, 0.15) is 18.5 Å². The third-order valence-corrected chi connectivity index (χ3v) is 2.46. The summed E-state index contributed by atoms with van der Waals surface area (Å²) < 4.78 is 3.81. The summed E-state index contributed by atoms with van der Waals surface area (Å²) >= 11 is 1.40. The number of nitrogens with zero attached hydrogens (tertiary/aromatic N) is 2. The lowest BCUT2D eigenvalue weighted by atomic mass is 10.1. The molecule has 1 fully saturated rings. The molecule has 13 heavy (non-hydrogen) atoms. The van der Waals surface area contributed by atoms with Gasteiger partial charge in [-0.1, -0.05) is 10.1 Å². The van der Waals surface area contributed by atoms with Gasteiger partial charge in [0, 0.05) is 11.9 Å². The molecular weight excluding hydrogens is 206 g/mol. The van der Waals surface area contributed by atoms with Crippen LogP contribution in [0.2, 0.25) is 0 Å². The van der Waals surface area contributed by atoms with E-state index in [1.165, 1.54) is 29.9 Å². The molecule has 0 radical (unpaired) electrons. The van der Waals surface area contributed by atoms with Gasteiger partial charge < -0.3 is 5.32 Å². The summed E-state index contributed by atoms with van der Waals surface area (Å²) in [5.74, 6) is 0. The molecule has 0 atom stereocenters. The summed E-state index contributed by atoms with van der Waals surface area (Å²) in [6, 6.07) is 0. The van der Waals surface area contributed by atoms with E-state index in [0.717, 1.165) is 18.8 Å². The fourth-order valence-electron chi connectivity index (χ4n) is 1.34. The predicted octanol–water partition coefficient (Wildman–Crippen LogP) is 1.73. The molecule has 0 amide bonds. The van der Waals surface area contributed by atoms with Gasteiger partial charge in [0.25, 0.3) is 0 Å². The Kier molecular flexibility index (Phi) is 4.35. The minimum absolute atomic E-state index is 0. The van der Waals surface area contributed by atoms with Gasteiger partial charge in [0.1, 0.15) is 0 Å². The maximum absolute atomic E-state index is 3.97. The Hall–Kier alpha value is -0.450. The molecule has 5 heteroatoms. The molecule has 1 aromatic heterocycles. The van der Waals surface area contributed by atoms with Crippen molar-refractivity contribution in [3.8, 4) is 0 Å². The summed E-state index contributed by atoms with van der Waals surface area (Å²) in [4.78, 5) is 0. The van der Waals surface area contributed by atoms with Gasteiger partial charge in [-0.3, -0.25) is 0 Å². The number of hydrogen-bond acceptors (Lipinski definition) is 4. The molecule has 0 spiro atoms. The quantitative estimate of drug-likeness (QED) is 0.779. The van der Waals surface area contributed by atoms with Crippen molar-refractivity contribution in [1.82, 2.24) is 14.9 Å². The van der Waals surface area contributed by atoms with E-state index < -0.39 is 0 Å². The SMILES string of the molecule is C(=C1CCCNC1)c1csnn1.Cl. The Labute approximate surface area is 87.8 Å².